The van der Waals surface area contributed by atoms with Crippen molar-refractivity contribution in [3.05, 3.63) is 11.8 Å². The maximum absolute atomic E-state index is 5.58. The van der Waals surface area contributed by atoms with E-state index in [0.29, 0.717) is 24.3 Å². The van der Waals surface area contributed by atoms with E-state index in [1.807, 2.05) is 26.8 Å². The molecule has 0 saturated heterocycles. The first-order chi connectivity index (χ1) is 8.51. The lowest BCUT2D eigenvalue weighted by Gasteiger charge is -2.13. The van der Waals surface area contributed by atoms with E-state index in [0.717, 1.165) is 18.7 Å². The fourth-order valence-electron chi connectivity index (χ4n) is 1.57. The molecule has 1 atom stereocenters. The van der Waals surface area contributed by atoms with E-state index >= 15 is 0 Å². The molecule has 18 heavy (non-hydrogen) atoms. The van der Waals surface area contributed by atoms with Crippen LogP contribution < -0.4 is 15.8 Å². The van der Waals surface area contributed by atoms with Gasteiger partial charge in [-0.25, -0.2) is 4.98 Å². The Morgan fingerprint density at radius 1 is 1.33 bits per heavy atom. The smallest absolute Gasteiger partial charge is 0.226 e. The van der Waals surface area contributed by atoms with Gasteiger partial charge in [0.25, 0.3) is 0 Å². The second-order valence-corrected chi connectivity index (χ2v) is 4.90. The summed E-state index contributed by atoms with van der Waals surface area (Å²) in [4.78, 5) is 8.67. The second kappa shape index (κ2) is 7.16. The number of aryl methyl sites for hydroxylation is 1. The third-order valence-electron chi connectivity index (χ3n) is 2.46. The number of aromatic nitrogens is 2. The molecule has 0 spiro atoms. The molecule has 3 N–H and O–H groups in total. The summed E-state index contributed by atoms with van der Waals surface area (Å²) in [6.07, 6.45) is 1.11. The molecule has 5 nitrogen and oxygen atoms in total. The van der Waals surface area contributed by atoms with E-state index in [9.17, 15) is 0 Å². The molecule has 1 heterocycles. The lowest BCUT2D eigenvalue weighted by Crippen LogP contribution is -2.17. The van der Waals surface area contributed by atoms with Gasteiger partial charge in [-0.3, -0.25) is 0 Å². The van der Waals surface area contributed by atoms with Crippen molar-refractivity contribution < 1.29 is 4.74 Å². The van der Waals surface area contributed by atoms with Gasteiger partial charge in [0, 0.05) is 18.3 Å². The Bertz CT molecular complexity index is 368. The van der Waals surface area contributed by atoms with E-state index in [2.05, 4.69) is 22.2 Å². The summed E-state index contributed by atoms with van der Waals surface area (Å²) in [5, 5.41) is 3.23. The van der Waals surface area contributed by atoms with Gasteiger partial charge in [0.15, 0.2) is 0 Å². The lowest BCUT2D eigenvalue weighted by molar-refractivity contribution is 0.232. The van der Waals surface area contributed by atoms with Crippen molar-refractivity contribution in [3.8, 4) is 5.88 Å². The minimum atomic E-state index is 0.114. The first-order valence-corrected chi connectivity index (χ1v) is 6.47. The zero-order valence-corrected chi connectivity index (χ0v) is 11.7. The molecule has 0 bridgehead atoms. The molecule has 0 aliphatic rings. The van der Waals surface area contributed by atoms with E-state index in [-0.39, 0.29) is 6.10 Å². The van der Waals surface area contributed by atoms with Crippen molar-refractivity contribution in [2.24, 2.45) is 11.7 Å². The van der Waals surface area contributed by atoms with Gasteiger partial charge in [-0.2, -0.15) is 4.98 Å². The Kier molecular flexibility index (Phi) is 5.85. The molecular weight excluding hydrogens is 228 g/mol. The molecule has 0 amide bonds. The molecule has 5 heteroatoms. The first kappa shape index (κ1) is 14.7. The average Bonchev–Trinajstić information content (AvgIpc) is 2.25. The van der Waals surface area contributed by atoms with Gasteiger partial charge in [-0.05, 0) is 39.7 Å². The monoisotopic (exact) mass is 252 g/mol. The Morgan fingerprint density at radius 2 is 2.06 bits per heavy atom. The molecule has 102 valence electrons. The summed E-state index contributed by atoms with van der Waals surface area (Å²) >= 11 is 0. The van der Waals surface area contributed by atoms with Crippen LogP contribution in [0.2, 0.25) is 0 Å². The largest absolute Gasteiger partial charge is 0.475 e. The van der Waals surface area contributed by atoms with Crippen molar-refractivity contribution in [3.63, 3.8) is 0 Å². The number of nitrogens with two attached hydrogens (primary N) is 1. The SMILES string of the molecule is Cc1cc(OC(C)C)nc(NCC(C)CCN)n1. The number of hydrogen-bond donors (Lipinski definition) is 2. The normalized spacial score (nSPS) is 12.6. The molecule has 0 fully saturated rings. The predicted octanol–water partition coefficient (Wildman–Crippen LogP) is 1.97. The highest BCUT2D eigenvalue weighted by Gasteiger charge is 2.06. The van der Waals surface area contributed by atoms with Gasteiger partial charge in [-0.1, -0.05) is 6.92 Å². The topological polar surface area (TPSA) is 73.1 Å². The van der Waals surface area contributed by atoms with Crippen LogP contribution in [0.25, 0.3) is 0 Å². The van der Waals surface area contributed by atoms with Gasteiger partial charge >= 0.3 is 0 Å². The molecule has 0 aliphatic heterocycles. The van der Waals surface area contributed by atoms with Crippen LogP contribution in [0.5, 0.6) is 5.88 Å². The second-order valence-electron chi connectivity index (χ2n) is 4.90. The zero-order valence-electron chi connectivity index (χ0n) is 11.7. The fourth-order valence-corrected chi connectivity index (χ4v) is 1.57. The molecule has 0 saturated carbocycles. The Balaban J connectivity index is 2.62. The van der Waals surface area contributed by atoms with E-state index in [1.54, 1.807) is 0 Å². The molecule has 1 aromatic heterocycles. The Hall–Kier alpha value is -1.36. The minimum Gasteiger partial charge on any atom is -0.475 e. The summed E-state index contributed by atoms with van der Waals surface area (Å²) in [5.74, 6) is 1.74. The minimum absolute atomic E-state index is 0.114. The van der Waals surface area contributed by atoms with Crippen LogP contribution in [0.4, 0.5) is 5.95 Å². The maximum atomic E-state index is 5.58. The first-order valence-electron chi connectivity index (χ1n) is 6.47. The van der Waals surface area contributed by atoms with E-state index in [1.165, 1.54) is 0 Å². The number of anilines is 1. The van der Waals surface area contributed by atoms with Gasteiger partial charge in [0.1, 0.15) is 0 Å². The van der Waals surface area contributed by atoms with Crippen LogP contribution in [-0.2, 0) is 0 Å². The molecule has 1 rings (SSSR count). The van der Waals surface area contributed by atoms with Crippen LogP contribution >= 0.6 is 0 Å². The molecule has 0 radical (unpaired) electrons. The highest BCUT2D eigenvalue weighted by Crippen LogP contribution is 2.14. The molecule has 1 unspecified atom stereocenters. The molecular formula is C13H24N4O. The van der Waals surface area contributed by atoms with E-state index < -0.39 is 0 Å². The predicted molar refractivity (Wildman–Crippen MR) is 73.9 cm³/mol. The summed E-state index contributed by atoms with van der Waals surface area (Å²) in [5.41, 5.74) is 6.42. The van der Waals surface area contributed by atoms with Gasteiger partial charge in [0.05, 0.1) is 6.10 Å². The Morgan fingerprint density at radius 3 is 2.67 bits per heavy atom. The van der Waals surface area contributed by atoms with Crippen LogP contribution in [0, 0.1) is 12.8 Å². The molecule has 0 aliphatic carbocycles. The zero-order chi connectivity index (χ0) is 13.5. The number of rotatable bonds is 7. The van der Waals surface area contributed by atoms with Crippen molar-refractivity contribution in [2.75, 3.05) is 18.4 Å². The summed E-state index contributed by atoms with van der Waals surface area (Å²) in [7, 11) is 0. The number of ether oxygens (including phenoxy) is 1. The van der Waals surface area contributed by atoms with Crippen LogP contribution in [0.15, 0.2) is 6.07 Å². The highest BCUT2D eigenvalue weighted by molar-refractivity contribution is 5.30. The summed E-state index contributed by atoms with van der Waals surface area (Å²) in [6, 6.07) is 1.84. The van der Waals surface area contributed by atoms with Gasteiger partial charge in [0.2, 0.25) is 11.8 Å². The van der Waals surface area contributed by atoms with Crippen molar-refractivity contribution in [2.45, 2.75) is 40.2 Å². The Labute approximate surface area is 109 Å². The van der Waals surface area contributed by atoms with Crippen LogP contribution in [-0.4, -0.2) is 29.2 Å². The van der Waals surface area contributed by atoms with Crippen molar-refractivity contribution in [1.82, 2.24) is 9.97 Å². The quantitative estimate of drug-likeness (QED) is 0.776. The fraction of sp³-hybridized carbons (Fsp3) is 0.692. The highest BCUT2D eigenvalue weighted by atomic mass is 16.5. The standard InChI is InChI=1S/C13H24N4O/c1-9(2)18-12-7-11(4)16-13(17-12)15-8-10(3)5-6-14/h7,9-10H,5-6,8,14H2,1-4H3,(H,15,16,17). The van der Waals surface area contributed by atoms with Crippen molar-refractivity contribution in [1.29, 1.82) is 0 Å². The summed E-state index contributed by atoms with van der Waals surface area (Å²) < 4.78 is 5.58. The maximum Gasteiger partial charge on any atom is 0.226 e. The number of hydrogen-bond acceptors (Lipinski definition) is 5. The average molecular weight is 252 g/mol. The molecule has 1 aromatic rings. The summed E-state index contributed by atoms with van der Waals surface area (Å²) in [6.45, 7) is 9.58. The van der Waals surface area contributed by atoms with Crippen LogP contribution in [0.3, 0.4) is 0 Å². The van der Waals surface area contributed by atoms with Crippen molar-refractivity contribution >= 4 is 5.95 Å². The molecule has 0 aromatic carbocycles. The number of nitrogens with zero attached hydrogens (tertiary/aromatic N) is 2. The number of nitrogens with one attached hydrogen (secondary N) is 1. The lowest BCUT2D eigenvalue weighted by atomic mass is 10.1. The third-order valence-corrected chi connectivity index (χ3v) is 2.46. The van der Waals surface area contributed by atoms with Gasteiger partial charge in [-0.15, -0.1) is 0 Å². The van der Waals surface area contributed by atoms with Crippen LogP contribution in [0.1, 0.15) is 32.9 Å². The third kappa shape index (κ3) is 5.31. The van der Waals surface area contributed by atoms with E-state index in [4.69, 9.17) is 10.5 Å². The van der Waals surface area contributed by atoms with Gasteiger partial charge < -0.3 is 15.8 Å².